The van der Waals surface area contributed by atoms with E-state index in [-0.39, 0.29) is 17.8 Å². The predicted molar refractivity (Wildman–Crippen MR) is 104 cm³/mol. The van der Waals surface area contributed by atoms with Crippen LogP contribution in [0.1, 0.15) is 30.4 Å². The summed E-state index contributed by atoms with van der Waals surface area (Å²) in [5.41, 5.74) is 2.12. The number of nitrogens with one attached hydrogen (secondary N) is 1. The molecule has 0 saturated carbocycles. The van der Waals surface area contributed by atoms with E-state index in [0.717, 1.165) is 43.7 Å². The van der Waals surface area contributed by atoms with Gasteiger partial charge in [0.2, 0.25) is 5.91 Å². The Morgan fingerprint density at radius 2 is 2.00 bits per heavy atom. The summed E-state index contributed by atoms with van der Waals surface area (Å²) >= 11 is 0. The van der Waals surface area contributed by atoms with Gasteiger partial charge in [-0.25, -0.2) is 4.39 Å². The molecule has 3 rings (SSSR count). The Labute approximate surface area is 160 Å². The van der Waals surface area contributed by atoms with Crippen molar-refractivity contribution in [1.29, 1.82) is 0 Å². The van der Waals surface area contributed by atoms with Gasteiger partial charge in [0.25, 0.3) is 0 Å². The number of hydrogen-bond donors (Lipinski definition) is 1. The fraction of sp³-hybridized carbons (Fsp3) is 0.409. The highest BCUT2D eigenvalue weighted by atomic mass is 19.1. The molecule has 0 aromatic heterocycles. The zero-order valence-corrected chi connectivity index (χ0v) is 15.8. The topological polar surface area (TPSA) is 41.6 Å². The Kier molecular flexibility index (Phi) is 6.82. The van der Waals surface area contributed by atoms with Gasteiger partial charge >= 0.3 is 0 Å². The molecule has 1 aliphatic rings. The molecule has 2 aromatic carbocycles. The molecule has 1 N–H and O–H groups in total. The average Bonchev–Trinajstić information content (AvgIpc) is 3.03. The van der Waals surface area contributed by atoms with Crippen LogP contribution in [0.3, 0.4) is 0 Å². The number of amides is 1. The van der Waals surface area contributed by atoms with Gasteiger partial charge in [0.15, 0.2) is 0 Å². The van der Waals surface area contributed by atoms with Crippen LogP contribution in [-0.4, -0.2) is 37.0 Å². The van der Waals surface area contributed by atoms with Crippen LogP contribution >= 0.6 is 0 Å². The highest BCUT2D eigenvalue weighted by Crippen LogP contribution is 2.22. The second-order valence-electron chi connectivity index (χ2n) is 6.98. The lowest BCUT2D eigenvalue weighted by Gasteiger charge is -2.25. The zero-order chi connectivity index (χ0) is 19.1. The first-order chi connectivity index (χ1) is 13.2. The van der Waals surface area contributed by atoms with Crippen molar-refractivity contribution in [1.82, 2.24) is 10.2 Å². The third-order valence-electron chi connectivity index (χ3n) is 5.10. The molecule has 1 aliphatic heterocycles. The van der Waals surface area contributed by atoms with Crippen LogP contribution in [0, 0.1) is 5.82 Å². The molecule has 0 spiro atoms. The van der Waals surface area contributed by atoms with Gasteiger partial charge in [-0.3, -0.25) is 4.79 Å². The Morgan fingerprint density at radius 1 is 1.19 bits per heavy atom. The molecule has 1 heterocycles. The first-order valence-corrected chi connectivity index (χ1v) is 9.53. The minimum absolute atomic E-state index is 0.209. The molecular formula is C22H27FN2O2. The third kappa shape index (κ3) is 5.54. The molecule has 5 heteroatoms. The fourth-order valence-electron chi connectivity index (χ4n) is 3.63. The summed E-state index contributed by atoms with van der Waals surface area (Å²) in [6, 6.07) is 14.9. The molecule has 1 amide bonds. The van der Waals surface area contributed by atoms with Crippen molar-refractivity contribution < 1.29 is 13.9 Å². The van der Waals surface area contributed by atoms with Gasteiger partial charge in [-0.15, -0.1) is 0 Å². The molecular weight excluding hydrogens is 343 g/mol. The van der Waals surface area contributed by atoms with E-state index in [1.165, 1.54) is 11.6 Å². The molecule has 0 bridgehead atoms. The monoisotopic (exact) mass is 370 g/mol. The molecule has 0 aliphatic carbocycles. The lowest BCUT2D eigenvalue weighted by Crippen LogP contribution is -2.36. The maximum absolute atomic E-state index is 13.2. The van der Waals surface area contributed by atoms with Gasteiger partial charge in [0.05, 0.1) is 7.11 Å². The minimum atomic E-state index is -0.209. The van der Waals surface area contributed by atoms with Crippen LogP contribution in [0.25, 0.3) is 0 Å². The largest absolute Gasteiger partial charge is 0.497 e. The number of nitrogens with zero attached hydrogens (tertiary/aromatic N) is 1. The Morgan fingerprint density at radius 3 is 2.81 bits per heavy atom. The highest BCUT2D eigenvalue weighted by molar-refractivity contribution is 5.78. The number of hydrogen-bond acceptors (Lipinski definition) is 3. The highest BCUT2D eigenvalue weighted by Gasteiger charge is 2.29. The Bertz CT molecular complexity index is 765. The molecule has 0 radical (unpaired) electrons. The number of ether oxygens (including phenoxy) is 1. The number of rotatable bonds is 9. The van der Waals surface area contributed by atoms with Gasteiger partial charge in [-0.1, -0.05) is 24.3 Å². The number of benzene rings is 2. The minimum Gasteiger partial charge on any atom is -0.497 e. The van der Waals surface area contributed by atoms with Crippen molar-refractivity contribution in [2.75, 3.05) is 20.2 Å². The molecule has 2 aromatic rings. The van der Waals surface area contributed by atoms with Gasteiger partial charge < -0.3 is 15.0 Å². The van der Waals surface area contributed by atoms with E-state index in [1.54, 1.807) is 19.2 Å². The van der Waals surface area contributed by atoms with E-state index in [2.05, 4.69) is 11.4 Å². The predicted octanol–water partition coefficient (Wildman–Crippen LogP) is 3.55. The van der Waals surface area contributed by atoms with Gasteiger partial charge in [0.1, 0.15) is 11.6 Å². The SMILES string of the molecule is COc1cccc(CCN2C(=O)CCC2CCNCc2cccc(F)c2)c1. The molecule has 27 heavy (non-hydrogen) atoms. The van der Waals surface area contributed by atoms with Crippen molar-refractivity contribution in [2.24, 2.45) is 0 Å². The number of methoxy groups -OCH3 is 1. The van der Waals surface area contributed by atoms with Gasteiger partial charge in [-0.05, 0) is 61.2 Å². The molecule has 1 atom stereocenters. The summed E-state index contributed by atoms with van der Waals surface area (Å²) in [6.45, 7) is 2.19. The normalized spacial score (nSPS) is 16.7. The second kappa shape index (κ2) is 9.51. The van der Waals surface area contributed by atoms with Crippen LogP contribution in [-0.2, 0) is 17.8 Å². The van der Waals surface area contributed by atoms with Crippen molar-refractivity contribution in [2.45, 2.75) is 38.3 Å². The van der Waals surface area contributed by atoms with E-state index < -0.39 is 0 Å². The van der Waals surface area contributed by atoms with Crippen molar-refractivity contribution in [3.8, 4) is 5.75 Å². The molecule has 144 valence electrons. The van der Waals surface area contributed by atoms with E-state index >= 15 is 0 Å². The fourth-order valence-corrected chi connectivity index (χ4v) is 3.63. The lowest BCUT2D eigenvalue weighted by atomic mass is 10.1. The summed E-state index contributed by atoms with van der Waals surface area (Å²) in [7, 11) is 1.66. The van der Waals surface area contributed by atoms with E-state index in [9.17, 15) is 9.18 Å². The van der Waals surface area contributed by atoms with Crippen molar-refractivity contribution in [3.63, 3.8) is 0 Å². The van der Waals surface area contributed by atoms with Crippen LogP contribution in [0.4, 0.5) is 4.39 Å². The standard InChI is InChI=1S/C22H27FN2O2/c1-27-21-7-3-4-17(15-21)11-13-25-20(8-9-22(25)26)10-12-24-16-18-5-2-6-19(23)14-18/h2-7,14-15,20,24H,8-13,16H2,1H3. The maximum Gasteiger partial charge on any atom is 0.222 e. The van der Waals surface area contributed by atoms with Crippen molar-refractivity contribution >= 4 is 5.91 Å². The maximum atomic E-state index is 13.2. The molecule has 1 saturated heterocycles. The van der Waals surface area contributed by atoms with Crippen LogP contribution in [0.2, 0.25) is 0 Å². The second-order valence-corrected chi connectivity index (χ2v) is 6.98. The first kappa shape index (κ1) is 19.4. The zero-order valence-electron chi connectivity index (χ0n) is 15.8. The summed E-state index contributed by atoms with van der Waals surface area (Å²) < 4.78 is 18.5. The lowest BCUT2D eigenvalue weighted by molar-refractivity contribution is -0.129. The number of carbonyl (C=O) groups excluding carboxylic acids is 1. The number of carbonyl (C=O) groups is 1. The molecule has 1 fully saturated rings. The van der Waals surface area contributed by atoms with Crippen molar-refractivity contribution in [3.05, 3.63) is 65.5 Å². The molecule has 1 unspecified atom stereocenters. The Balaban J connectivity index is 1.45. The quantitative estimate of drug-likeness (QED) is 0.687. The Hall–Kier alpha value is -2.40. The summed E-state index contributed by atoms with van der Waals surface area (Å²) in [5, 5.41) is 3.36. The van der Waals surface area contributed by atoms with E-state index in [4.69, 9.17) is 4.74 Å². The first-order valence-electron chi connectivity index (χ1n) is 9.53. The number of halogens is 1. The third-order valence-corrected chi connectivity index (χ3v) is 5.10. The average molecular weight is 370 g/mol. The van der Waals surface area contributed by atoms with E-state index in [1.807, 2.05) is 29.2 Å². The molecule has 4 nitrogen and oxygen atoms in total. The summed E-state index contributed by atoms with van der Waals surface area (Å²) in [4.78, 5) is 14.3. The van der Waals surface area contributed by atoms with Crippen LogP contribution in [0.15, 0.2) is 48.5 Å². The smallest absolute Gasteiger partial charge is 0.222 e. The summed E-state index contributed by atoms with van der Waals surface area (Å²) in [5.74, 6) is 0.880. The van der Waals surface area contributed by atoms with Gasteiger partial charge in [0, 0.05) is 25.6 Å². The van der Waals surface area contributed by atoms with Crippen LogP contribution < -0.4 is 10.1 Å². The van der Waals surface area contributed by atoms with Gasteiger partial charge in [-0.2, -0.15) is 0 Å². The van der Waals surface area contributed by atoms with Crippen LogP contribution in [0.5, 0.6) is 5.75 Å². The summed E-state index contributed by atoms with van der Waals surface area (Å²) in [6.07, 6.45) is 3.29. The van der Waals surface area contributed by atoms with E-state index in [0.29, 0.717) is 13.0 Å². The number of likely N-dealkylation sites (tertiary alicyclic amines) is 1.